The molecular formula is C68H38N10. The second-order valence-electron chi connectivity index (χ2n) is 20.6. The standard InChI is InChI=1S/C68H38N10/c1-5-21-51-41(13-1)45-17-9-33-69-65(45)73(51)39-25-27-55-49(37-39)61-57(77-53-23-7-3-15-43(53)47-19-11-35-71-67(47)77)29-31-59-63(61)75(55)60-32-30-58(78-54-24-8-4-16-44(54)48-20-12-36-72-68(48)78)62-50-38-40(26-28-56(50)76(59)64(60)62)74-52-22-6-2-14-42(52)46-18-10-34-70-66(46)74/h1-38H. The van der Waals surface area contributed by atoms with Gasteiger partial charge in [-0.3, -0.25) is 18.3 Å². The summed E-state index contributed by atoms with van der Waals surface area (Å²) in [5.41, 5.74) is 18.9. The zero-order chi connectivity index (χ0) is 50.5. The minimum atomic E-state index is 0.916. The molecule has 0 atom stereocenters. The molecule has 78 heavy (non-hydrogen) atoms. The molecule has 0 spiro atoms. The van der Waals surface area contributed by atoms with Crippen molar-refractivity contribution in [2.24, 2.45) is 0 Å². The molecule has 0 amide bonds. The molecule has 0 aliphatic heterocycles. The Labute approximate surface area is 441 Å². The topological polar surface area (TPSA) is 80.1 Å². The molecule has 0 N–H and O–H groups in total. The van der Waals surface area contributed by atoms with E-state index in [0.29, 0.717) is 0 Å². The predicted molar refractivity (Wildman–Crippen MR) is 318 cm³/mol. The first-order chi connectivity index (χ1) is 38.8. The van der Waals surface area contributed by atoms with Crippen LogP contribution < -0.4 is 0 Å². The zero-order valence-electron chi connectivity index (χ0n) is 41.4. The van der Waals surface area contributed by atoms with Gasteiger partial charge >= 0.3 is 0 Å². The zero-order valence-corrected chi connectivity index (χ0v) is 41.4. The van der Waals surface area contributed by atoms with E-state index in [9.17, 15) is 0 Å². The number of pyridine rings is 4. The Morgan fingerprint density at radius 2 is 0.538 bits per heavy atom. The van der Waals surface area contributed by atoms with E-state index >= 15 is 0 Å². The number of nitrogens with zero attached hydrogens (tertiary/aromatic N) is 10. The van der Waals surface area contributed by atoms with Crippen LogP contribution in [0.3, 0.4) is 0 Å². The second-order valence-corrected chi connectivity index (χ2v) is 20.6. The van der Waals surface area contributed by atoms with Gasteiger partial charge in [0.25, 0.3) is 0 Å². The highest BCUT2D eigenvalue weighted by molar-refractivity contribution is 6.27. The highest BCUT2D eigenvalue weighted by atomic mass is 15.1. The van der Waals surface area contributed by atoms with Crippen molar-refractivity contribution >= 4 is 142 Å². The first kappa shape index (κ1) is 40.5. The van der Waals surface area contributed by atoms with Crippen molar-refractivity contribution in [2.45, 2.75) is 0 Å². The van der Waals surface area contributed by atoms with Gasteiger partial charge in [-0.25, -0.2) is 19.9 Å². The maximum Gasteiger partial charge on any atom is 0.145 e. The largest absolute Gasteiger partial charge is 0.305 e. The van der Waals surface area contributed by atoms with Crippen LogP contribution in [-0.4, -0.2) is 47.0 Å². The molecule has 0 saturated heterocycles. The maximum absolute atomic E-state index is 5.14. The quantitative estimate of drug-likeness (QED) is 0.165. The molecule has 11 heterocycles. The van der Waals surface area contributed by atoms with Gasteiger partial charge in [0.05, 0.1) is 66.5 Å². The van der Waals surface area contributed by atoms with Gasteiger partial charge in [0.1, 0.15) is 22.6 Å². The third kappa shape index (κ3) is 4.93. The monoisotopic (exact) mass is 994 g/mol. The van der Waals surface area contributed by atoms with Gasteiger partial charge in [0.2, 0.25) is 0 Å². The van der Waals surface area contributed by atoms with E-state index < -0.39 is 0 Å². The summed E-state index contributed by atoms with van der Waals surface area (Å²) < 4.78 is 14.5. The minimum Gasteiger partial charge on any atom is -0.305 e. The Bertz CT molecular complexity index is 5270. The van der Waals surface area contributed by atoms with Crippen molar-refractivity contribution in [1.29, 1.82) is 0 Å². The number of para-hydroxylation sites is 4. The van der Waals surface area contributed by atoms with E-state index in [-0.39, 0.29) is 0 Å². The summed E-state index contributed by atoms with van der Waals surface area (Å²) in [4.78, 5) is 20.3. The van der Waals surface area contributed by atoms with Crippen molar-refractivity contribution in [2.75, 3.05) is 0 Å². The Hall–Kier alpha value is -10.8. The molecule has 0 radical (unpaired) electrons. The fourth-order valence-corrected chi connectivity index (χ4v) is 13.9. The molecule has 0 aliphatic rings. The van der Waals surface area contributed by atoms with Gasteiger partial charge in [-0.15, -0.1) is 0 Å². The van der Waals surface area contributed by atoms with Crippen molar-refractivity contribution in [3.8, 4) is 22.7 Å². The van der Waals surface area contributed by atoms with Gasteiger partial charge in [-0.05, 0) is 133 Å². The predicted octanol–water partition coefficient (Wildman–Crippen LogP) is 16.2. The average molecular weight is 995 g/mol. The molecule has 19 rings (SSSR count). The molecule has 0 bridgehead atoms. The van der Waals surface area contributed by atoms with Gasteiger partial charge < -0.3 is 8.80 Å². The number of hydrogen-bond donors (Lipinski definition) is 0. The SMILES string of the molecule is c1ccc2c(c1)c1cccnc1n2-c1ccc2c(c1)c1c(-n3c4ccccc4c4cccnc43)ccc3c1n2c1ccc(-n2c4ccccc4c4cccnc42)c2c4cc(-n5c6ccccc6c6cccnc65)ccc4n3c21. The Morgan fingerprint density at radius 3 is 0.910 bits per heavy atom. The molecule has 10 nitrogen and oxygen atoms in total. The molecule has 0 saturated carbocycles. The molecule has 11 aromatic heterocycles. The maximum atomic E-state index is 5.14. The first-order valence-corrected chi connectivity index (χ1v) is 26.4. The van der Waals surface area contributed by atoms with Crippen LogP contribution in [0.4, 0.5) is 0 Å². The lowest BCUT2D eigenvalue weighted by molar-refractivity contribution is 1.14. The van der Waals surface area contributed by atoms with E-state index in [2.05, 4.69) is 209 Å². The van der Waals surface area contributed by atoms with E-state index in [1.807, 2.05) is 49.1 Å². The van der Waals surface area contributed by atoms with Gasteiger partial charge in [-0.1, -0.05) is 72.8 Å². The summed E-state index contributed by atoms with van der Waals surface area (Å²) in [5, 5.41) is 13.7. The highest BCUT2D eigenvalue weighted by Crippen LogP contribution is 2.48. The minimum absolute atomic E-state index is 0.916. The van der Waals surface area contributed by atoms with E-state index in [1.54, 1.807) is 0 Å². The van der Waals surface area contributed by atoms with Crippen LogP contribution in [0.5, 0.6) is 0 Å². The number of benzene rings is 8. The van der Waals surface area contributed by atoms with Crippen LogP contribution in [0.15, 0.2) is 231 Å². The molecule has 19 aromatic rings. The van der Waals surface area contributed by atoms with Gasteiger partial charge in [0.15, 0.2) is 0 Å². The number of rotatable bonds is 4. The summed E-state index contributed by atoms with van der Waals surface area (Å²) in [6, 6.07) is 74.9. The summed E-state index contributed by atoms with van der Waals surface area (Å²) in [5.74, 6) is 0. The molecule has 0 aliphatic carbocycles. The van der Waals surface area contributed by atoms with Crippen LogP contribution in [-0.2, 0) is 0 Å². The van der Waals surface area contributed by atoms with E-state index in [1.165, 1.54) is 10.8 Å². The van der Waals surface area contributed by atoms with Gasteiger partial charge in [-0.2, -0.15) is 0 Å². The molecule has 8 aromatic carbocycles. The summed E-state index contributed by atoms with van der Waals surface area (Å²) >= 11 is 0. The summed E-state index contributed by atoms with van der Waals surface area (Å²) in [6.45, 7) is 0. The first-order valence-electron chi connectivity index (χ1n) is 26.4. The number of hydrogen-bond acceptors (Lipinski definition) is 4. The van der Waals surface area contributed by atoms with Crippen LogP contribution in [0.1, 0.15) is 0 Å². The lowest BCUT2D eigenvalue weighted by atomic mass is 10.1. The van der Waals surface area contributed by atoms with Crippen LogP contribution in [0.25, 0.3) is 165 Å². The molecule has 0 fully saturated rings. The average Bonchev–Trinajstić information content (AvgIpc) is 4.43. The fraction of sp³-hybridized carbons (Fsp3) is 0. The summed E-state index contributed by atoms with van der Waals surface area (Å²) in [7, 11) is 0. The van der Waals surface area contributed by atoms with Crippen molar-refractivity contribution < 1.29 is 0 Å². The third-order valence-corrected chi connectivity index (χ3v) is 16.9. The number of aromatic nitrogens is 10. The van der Waals surface area contributed by atoms with E-state index in [0.717, 1.165) is 154 Å². The Balaban J connectivity index is 1.02. The number of fused-ring (bicyclic) bond motifs is 20. The van der Waals surface area contributed by atoms with Crippen molar-refractivity contribution in [3.05, 3.63) is 231 Å². The normalized spacial score (nSPS) is 12.6. The summed E-state index contributed by atoms with van der Waals surface area (Å²) in [6.07, 6.45) is 7.62. The lowest BCUT2D eigenvalue weighted by Crippen LogP contribution is -2.02. The van der Waals surface area contributed by atoms with Crippen LogP contribution in [0.2, 0.25) is 0 Å². The van der Waals surface area contributed by atoms with Gasteiger partial charge in [0, 0.05) is 101 Å². The van der Waals surface area contributed by atoms with Crippen molar-refractivity contribution in [1.82, 2.24) is 47.0 Å². The molecule has 0 unspecified atom stereocenters. The fourth-order valence-electron chi connectivity index (χ4n) is 13.9. The third-order valence-electron chi connectivity index (χ3n) is 16.9. The molecule has 360 valence electrons. The molecular weight excluding hydrogens is 957 g/mol. The van der Waals surface area contributed by atoms with Crippen LogP contribution in [0, 0.1) is 0 Å². The van der Waals surface area contributed by atoms with Crippen LogP contribution >= 0.6 is 0 Å². The van der Waals surface area contributed by atoms with E-state index in [4.69, 9.17) is 19.9 Å². The smallest absolute Gasteiger partial charge is 0.145 e. The Kier molecular flexibility index (Phi) is 7.54. The second kappa shape index (κ2) is 14.5. The lowest BCUT2D eigenvalue weighted by Gasteiger charge is -2.16. The molecule has 10 heteroatoms. The Morgan fingerprint density at radius 1 is 0.231 bits per heavy atom. The highest BCUT2D eigenvalue weighted by Gasteiger charge is 2.29. The van der Waals surface area contributed by atoms with Crippen molar-refractivity contribution in [3.63, 3.8) is 0 Å².